The van der Waals surface area contributed by atoms with Crippen LogP contribution in [0.4, 0.5) is 0 Å². The van der Waals surface area contributed by atoms with Crippen LogP contribution in [0.1, 0.15) is 26.7 Å². The Morgan fingerprint density at radius 2 is 2.17 bits per heavy atom. The minimum absolute atomic E-state index is 0.289. The monoisotopic (exact) mass is 88.1 g/mol. The van der Waals surface area contributed by atoms with Crippen LogP contribution in [-0.4, -0.2) is 5.78 Å². The molecular formula is C5H10O. The zero-order valence-electron chi connectivity index (χ0n) is 4.32. The fourth-order valence-electron chi connectivity index (χ4n) is 0.352. The first kappa shape index (κ1) is 5.67. The molecule has 0 aromatic carbocycles. The third kappa shape index (κ3) is 3.67. The van der Waals surface area contributed by atoms with Crippen molar-refractivity contribution in [1.29, 1.82) is 0 Å². The fraction of sp³-hybridized carbons (Fsp3) is 0.800. The molecule has 0 radical (unpaired) electrons. The highest BCUT2D eigenvalue weighted by molar-refractivity contribution is 5.75. The molecule has 0 amide bonds. The van der Waals surface area contributed by atoms with Gasteiger partial charge in [-0.25, -0.2) is 0 Å². The quantitative estimate of drug-likeness (QED) is 0.466. The zero-order valence-corrected chi connectivity index (χ0v) is 4.32. The molecule has 0 rings (SSSR count). The number of carbonyl (C=O) groups is 1. The minimum Gasteiger partial charge on any atom is -0.300 e. The van der Waals surface area contributed by atoms with Crippen molar-refractivity contribution in [3.63, 3.8) is 0 Å². The minimum atomic E-state index is 0.289. The lowest BCUT2D eigenvalue weighted by atomic mass is 10.7. The summed E-state index contributed by atoms with van der Waals surface area (Å²) in [6.45, 7) is 3.62. The van der Waals surface area contributed by atoms with Gasteiger partial charge in [-0.05, 0) is 13.3 Å². The van der Waals surface area contributed by atoms with Crippen LogP contribution in [0.25, 0.3) is 0 Å². The standard InChI is InChI=1S/C5H10O/c1-3-4-5(2)6/h3-4H2,1-2H3/i4+1,5+1. The van der Waals surface area contributed by atoms with Crippen molar-refractivity contribution < 1.29 is 4.79 Å². The predicted molar refractivity (Wildman–Crippen MR) is 25.6 cm³/mol. The predicted octanol–water partition coefficient (Wildman–Crippen LogP) is 1.38. The molecule has 0 aliphatic heterocycles. The Bertz CT molecular complexity index is 47.9. The lowest BCUT2D eigenvalue weighted by Gasteiger charge is -1.80. The van der Waals surface area contributed by atoms with E-state index in [1.807, 2.05) is 6.92 Å². The van der Waals surface area contributed by atoms with Crippen molar-refractivity contribution in [2.45, 2.75) is 26.7 Å². The van der Waals surface area contributed by atoms with Crippen LogP contribution < -0.4 is 0 Å². The lowest BCUT2D eigenvalue weighted by Crippen LogP contribution is -1.84. The highest BCUT2D eigenvalue weighted by atomic mass is 16.2. The number of ketones is 1. The number of hydrogen-bond donors (Lipinski definition) is 0. The van der Waals surface area contributed by atoms with Gasteiger partial charge in [-0.3, -0.25) is 0 Å². The average molecular weight is 88.1 g/mol. The SMILES string of the molecule is CC[13CH2][13C](C)=O. The second-order valence-electron chi connectivity index (χ2n) is 1.45. The van der Waals surface area contributed by atoms with Gasteiger partial charge in [0.2, 0.25) is 0 Å². The summed E-state index contributed by atoms with van der Waals surface area (Å²) >= 11 is 0. The molecule has 0 aromatic rings. The molecule has 0 bridgehead atoms. The molecule has 36 valence electrons. The first-order chi connectivity index (χ1) is 2.77. The van der Waals surface area contributed by atoms with E-state index in [0.717, 1.165) is 12.8 Å². The second kappa shape index (κ2) is 2.88. The normalized spacial score (nSPS) is 8.33. The van der Waals surface area contributed by atoms with E-state index < -0.39 is 0 Å². The van der Waals surface area contributed by atoms with E-state index in [1.165, 1.54) is 0 Å². The molecule has 0 atom stereocenters. The molecule has 0 aromatic heterocycles. The maximum absolute atomic E-state index is 10.0. The van der Waals surface area contributed by atoms with Gasteiger partial charge >= 0.3 is 0 Å². The smallest absolute Gasteiger partial charge is 0.129 e. The lowest BCUT2D eigenvalue weighted by molar-refractivity contribution is -0.117. The maximum atomic E-state index is 10.0. The van der Waals surface area contributed by atoms with E-state index >= 15 is 0 Å². The summed E-state index contributed by atoms with van der Waals surface area (Å²) in [5.41, 5.74) is 0. The Kier molecular flexibility index (Phi) is 2.73. The summed E-state index contributed by atoms with van der Waals surface area (Å²) in [6.07, 6.45) is 1.72. The van der Waals surface area contributed by atoms with Gasteiger partial charge in [0, 0.05) is 6.42 Å². The summed E-state index contributed by atoms with van der Waals surface area (Å²) in [5.74, 6) is 0.289. The summed E-state index contributed by atoms with van der Waals surface area (Å²) in [6, 6.07) is 0. The number of hydrogen-bond acceptors (Lipinski definition) is 1. The van der Waals surface area contributed by atoms with Gasteiger partial charge in [-0.2, -0.15) is 0 Å². The molecule has 0 fully saturated rings. The van der Waals surface area contributed by atoms with Gasteiger partial charge < -0.3 is 4.79 Å². The Hall–Kier alpha value is -0.330. The topological polar surface area (TPSA) is 17.1 Å². The Labute approximate surface area is 38.4 Å². The van der Waals surface area contributed by atoms with Gasteiger partial charge in [0.25, 0.3) is 0 Å². The van der Waals surface area contributed by atoms with Crippen molar-refractivity contribution >= 4 is 5.78 Å². The molecule has 0 unspecified atom stereocenters. The molecule has 0 N–H and O–H groups in total. The fourth-order valence-corrected chi connectivity index (χ4v) is 0.352. The highest BCUT2D eigenvalue weighted by Crippen LogP contribution is 1.84. The third-order valence-electron chi connectivity index (χ3n) is 0.602. The van der Waals surface area contributed by atoms with Gasteiger partial charge in [0.1, 0.15) is 5.78 Å². The summed E-state index contributed by atoms with van der Waals surface area (Å²) in [5, 5.41) is 0. The summed E-state index contributed by atoms with van der Waals surface area (Å²) < 4.78 is 0. The zero-order chi connectivity index (χ0) is 4.99. The molecule has 6 heavy (non-hydrogen) atoms. The molecule has 0 saturated carbocycles. The molecule has 0 aliphatic carbocycles. The Morgan fingerprint density at radius 1 is 1.67 bits per heavy atom. The van der Waals surface area contributed by atoms with E-state index in [0.29, 0.717) is 0 Å². The highest BCUT2D eigenvalue weighted by Gasteiger charge is 1.83. The largest absolute Gasteiger partial charge is 0.300 e. The van der Waals surface area contributed by atoms with Crippen molar-refractivity contribution in [2.75, 3.05) is 0 Å². The molecule has 1 nitrogen and oxygen atoms in total. The molecular weight excluding hydrogens is 78.0 g/mol. The first-order valence-corrected chi connectivity index (χ1v) is 2.26. The summed E-state index contributed by atoms with van der Waals surface area (Å²) in [7, 11) is 0. The van der Waals surface area contributed by atoms with Crippen LogP contribution in [0.3, 0.4) is 0 Å². The third-order valence-corrected chi connectivity index (χ3v) is 0.602. The molecule has 0 aliphatic rings. The van der Waals surface area contributed by atoms with Gasteiger partial charge in [0.15, 0.2) is 0 Å². The number of rotatable bonds is 2. The van der Waals surface area contributed by atoms with Crippen molar-refractivity contribution in [1.82, 2.24) is 0 Å². The number of carbonyl (C=O) groups excluding carboxylic acids is 1. The van der Waals surface area contributed by atoms with Crippen molar-refractivity contribution in [3.05, 3.63) is 0 Å². The van der Waals surface area contributed by atoms with E-state index in [-0.39, 0.29) is 5.78 Å². The van der Waals surface area contributed by atoms with Crippen molar-refractivity contribution in [2.24, 2.45) is 0 Å². The van der Waals surface area contributed by atoms with Gasteiger partial charge in [-0.1, -0.05) is 6.92 Å². The van der Waals surface area contributed by atoms with E-state index in [9.17, 15) is 4.79 Å². The van der Waals surface area contributed by atoms with Crippen LogP contribution in [0.2, 0.25) is 0 Å². The van der Waals surface area contributed by atoms with Crippen LogP contribution >= 0.6 is 0 Å². The molecule has 1 heteroatoms. The average Bonchev–Trinajstić information content (AvgIpc) is 1.35. The molecule has 0 saturated heterocycles. The summed E-state index contributed by atoms with van der Waals surface area (Å²) in [4.78, 5) is 10.0. The van der Waals surface area contributed by atoms with Gasteiger partial charge in [-0.15, -0.1) is 0 Å². The second-order valence-corrected chi connectivity index (χ2v) is 1.45. The van der Waals surface area contributed by atoms with Crippen LogP contribution in [0, 0.1) is 0 Å². The van der Waals surface area contributed by atoms with Crippen LogP contribution in [-0.2, 0) is 4.79 Å². The first-order valence-electron chi connectivity index (χ1n) is 2.26. The van der Waals surface area contributed by atoms with Crippen molar-refractivity contribution in [3.8, 4) is 0 Å². The molecule has 0 spiro atoms. The number of Topliss-reactive ketones (excluding diaryl/α,β-unsaturated/α-hetero) is 1. The van der Waals surface area contributed by atoms with E-state index in [4.69, 9.17) is 0 Å². The maximum Gasteiger partial charge on any atom is 0.129 e. The Morgan fingerprint density at radius 3 is 2.17 bits per heavy atom. The van der Waals surface area contributed by atoms with E-state index in [1.54, 1.807) is 6.92 Å². The van der Waals surface area contributed by atoms with Crippen LogP contribution in [0.15, 0.2) is 0 Å². The van der Waals surface area contributed by atoms with Crippen LogP contribution in [0.5, 0.6) is 0 Å². The Balaban J connectivity index is 2.83. The van der Waals surface area contributed by atoms with Gasteiger partial charge in [0.05, 0.1) is 0 Å². The van der Waals surface area contributed by atoms with E-state index in [2.05, 4.69) is 0 Å². The molecule has 0 heterocycles.